The minimum Gasteiger partial charge on any atom is -0.495 e. The molecule has 0 atom stereocenters. The Morgan fingerprint density at radius 1 is 1.29 bits per heavy atom. The predicted molar refractivity (Wildman–Crippen MR) is 89.1 cm³/mol. The van der Waals surface area contributed by atoms with Crippen LogP contribution in [0.3, 0.4) is 0 Å². The maximum Gasteiger partial charge on any atom is 0.224 e. The number of aryl methyl sites for hydroxylation is 1. The lowest BCUT2D eigenvalue weighted by molar-refractivity contribution is -0.116. The summed E-state index contributed by atoms with van der Waals surface area (Å²) in [6.07, 6.45) is 1.11. The summed E-state index contributed by atoms with van der Waals surface area (Å²) < 4.78 is 6.09. The third-order valence-electron chi connectivity index (χ3n) is 2.97. The van der Waals surface area contributed by atoms with Gasteiger partial charge in [0.25, 0.3) is 0 Å². The van der Waals surface area contributed by atoms with Gasteiger partial charge in [0, 0.05) is 16.6 Å². The van der Waals surface area contributed by atoms with E-state index in [-0.39, 0.29) is 5.91 Å². The summed E-state index contributed by atoms with van der Waals surface area (Å²) in [5.41, 5.74) is 1.78. The molecule has 0 aromatic heterocycles. The predicted octanol–water partition coefficient (Wildman–Crippen LogP) is 4.68. The summed E-state index contributed by atoms with van der Waals surface area (Å²) in [6.45, 7) is 0. The number of anilines is 1. The highest BCUT2D eigenvalue weighted by molar-refractivity contribution is 9.10. The van der Waals surface area contributed by atoms with Crippen LogP contribution in [0.1, 0.15) is 12.0 Å². The molecule has 0 aliphatic heterocycles. The normalized spacial score (nSPS) is 10.2. The number of benzene rings is 2. The Labute approximate surface area is 137 Å². The third-order valence-corrected chi connectivity index (χ3v) is 3.75. The van der Waals surface area contributed by atoms with Gasteiger partial charge in [0.1, 0.15) is 5.75 Å². The van der Waals surface area contributed by atoms with Crippen LogP contribution in [0.2, 0.25) is 5.02 Å². The summed E-state index contributed by atoms with van der Waals surface area (Å²) >= 11 is 9.44. The van der Waals surface area contributed by atoms with E-state index in [9.17, 15) is 4.79 Å². The van der Waals surface area contributed by atoms with Crippen LogP contribution in [0.25, 0.3) is 0 Å². The largest absolute Gasteiger partial charge is 0.495 e. The first-order chi connectivity index (χ1) is 10.1. The van der Waals surface area contributed by atoms with Crippen molar-refractivity contribution >= 4 is 39.1 Å². The molecule has 0 radical (unpaired) electrons. The summed E-state index contributed by atoms with van der Waals surface area (Å²) in [5.74, 6) is 0.542. The second-order valence-corrected chi connectivity index (χ2v) is 5.85. The zero-order chi connectivity index (χ0) is 15.2. The standard InChI is InChI=1S/C16H15BrClNO2/c1-21-15-7-6-13(10-14(15)18)19-16(20)8-5-11-3-2-4-12(17)9-11/h2-4,6-7,9-10H,5,8H2,1H3,(H,19,20). The van der Waals surface area contributed by atoms with Crippen LogP contribution < -0.4 is 10.1 Å². The number of halogens is 2. The van der Waals surface area contributed by atoms with E-state index in [1.165, 1.54) is 0 Å². The SMILES string of the molecule is COc1ccc(NC(=O)CCc2cccc(Br)c2)cc1Cl. The Balaban J connectivity index is 1.91. The first-order valence-electron chi connectivity index (χ1n) is 6.46. The van der Waals surface area contributed by atoms with Crippen molar-refractivity contribution in [1.82, 2.24) is 0 Å². The van der Waals surface area contributed by atoms with Crippen molar-refractivity contribution in [2.24, 2.45) is 0 Å². The molecule has 0 unspecified atom stereocenters. The van der Waals surface area contributed by atoms with Crippen molar-refractivity contribution in [3.8, 4) is 5.75 Å². The number of nitrogens with one attached hydrogen (secondary N) is 1. The first-order valence-corrected chi connectivity index (χ1v) is 7.63. The summed E-state index contributed by atoms with van der Waals surface area (Å²) in [6, 6.07) is 13.1. The molecular weight excluding hydrogens is 354 g/mol. The van der Waals surface area contributed by atoms with E-state index in [0.717, 1.165) is 10.0 Å². The molecule has 0 aliphatic rings. The van der Waals surface area contributed by atoms with E-state index in [2.05, 4.69) is 21.2 Å². The van der Waals surface area contributed by atoms with Gasteiger partial charge in [-0.25, -0.2) is 0 Å². The van der Waals surface area contributed by atoms with Crippen molar-refractivity contribution in [3.05, 3.63) is 57.5 Å². The molecule has 1 amide bonds. The minimum absolute atomic E-state index is 0.0452. The number of ether oxygens (including phenoxy) is 1. The molecular formula is C16H15BrClNO2. The Morgan fingerprint density at radius 3 is 2.76 bits per heavy atom. The van der Waals surface area contributed by atoms with Gasteiger partial charge in [0.05, 0.1) is 12.1 Å². The van der Waals surface area contributed by atoms with E-state index in [4.69, 9.17) is 16.3 Å². The number of hydrogen-bond acceptors (Lipinski definition) is 2. The Hall–Kier alpha value is -1.52. The second kappa shape index (κ2) is 7.48. The molecule has 0 aliphatic carbocycles. The zero-order valence-electron chi connectivity index (χ0n) is 11.5. The molecule has 2 aromatic carbocycles. The first kappa shape index (κ1) is 15.9. The number of hydrogen-bond donors (Lipinski definition) is 1. The molecule has 2 rings (SSSR count). The molecule has 0 saturated heterocycles. The van der Waals surface area contributed by atoms with Gasteiger partial charge in [-0.15, -0.1) is 0 Å². The highest BCUT2D eigenvalue weighted by atomic mass is 79.9. The van der Waals surface area contributed by atoms with Gasteiger partial charge in [0.2, 0.25) is 5.91 Å². The topological polar surface area (TPSA) is 38.3 Å². The molecule has 0 spiro atoms. The van der Waals surface area contributed by atoms with Gasteiger partial charge in [-0.3, -0.25) is 4.79 Å². The van der Waals surface area contributed by atoms with Crippen LogP contribution in [-0.4, -0.2) is 13.0 Å². The van der Waals surface area contributed by atoms with Gasteiger partial charge in [-0.1, -0.05) is 39.7 Å². The molecule has 21 heavy (non-hydrogen) atoms. The Bertz CT molecular complexity index is 646. The van der Waals surface area contributed by atoms with Crippen LogP contribution >= 0.6 is 27.5 Å². The molecule has 0 saturated carbocycles. The van der Waals surface area contributed by atoms with Crippen molar-refractivity contribution < 1.29 is 9.53 Å². The van der Waals surface area contributed by atoms with E-state index >= 15 is 0 Å². The van der Waals surface area contributed by atoms with Crippen LogP contribution in [0.15, 0.2) is 46.9 Å². The zero-order valence-corrected chi connectivity index (χ0v) is 13.9. The maximum atomic E-state index is 11.9. The smallest absolute Gasteiger partial charge is 0.224 e. The lowest BCUT2D eigenvalue weighted by atomic mass is 10.1. The molecule has 2 aromatic rings. The summed E-state index contributed by atoms with van der Waals surface area (Å²) in [4.78, 5) is 11.9. The highest BCUT2D eigenvalue weighted by Crippen LogP contribution is 2.27. The van der Waals surface area contributed by atoms with Gasteiger partial charge in [0.15, 0.2) is 0 Å². The number of carbonyl (C=O) groups is 1. The second-order valence-electron chi connectivity index (χ2n) is 4.53. The highest BCUT2D eigenvalue weighted by Gasteiger charge is 2.06. The summed E-state index contributed by atoms with van der Waals surface area (Å²) in [5, 5.41) is 3.30. The fourth-order valence-corrected chi connectivity index (χ4v) is 2.62. The van der Waals surface area contributed by atoms with Crippen molar-refractivity contribution in [2.45, 2.75) is 12.8 Å². The fourth-order valence-electron chi connectivity index (χ4n) is 1.92. The van der Waals surface area contributed by atoms with E-state index < -0.39 is 0 Å². The Kier molecular flexibility index (Phi) is 5.65. The molecule has 3 nitrogen and oxygen atoms in total. The molecule has 5 heteroatoms. The fraction of sp³-hybridized carbons (Fsp3) is 0.188. The Morgan fingerprint density at radius 2 is 2.10 bits per heavy atom. The lowest BCUT2D eigenvalue weighted by Gasteiger charge is -2.08. The number of rotatable bonds is 5. The average molecular weight is 369 g/mol. The van der Waals surface area contributed by atoms with Gasteiger partial charge in [-0.05, 0) is 42.3 Å². The van der Waals surface area contributed by atoms with Crippen molar-refractivity contribution in [1.29, 1.82) is 0 Å². The number of carbonyl (C=O) groups excluding carboxylic acids is 1. The third kappa shape index (κ3) is 4.76. The van der Waals surface area contributed by atoms with Crippen LogP contribution in [-0.2, 0) is 11.2 Å². The molecule has 0 fully saturated rings. The molecule has 1 N–H and O–H groups in total. The lowest BCUT2D eigenvalue weighted by Crippen LogP contribution is -2.12. The molecule has 0 bridgehead atoms. The van der Waals surface area contributed by atoms with Crippen molar-refractivity contribution in [3.63, 3.8) is 0 Å². The quantitative estimate of drug-likeness (QED) is 0.832. The van der Waals surface area contributed by atoms with Gasteiger partial charge >= 0.3 is 0 Å². The number of methoxy groups -OCH3 is 1. The van der Waals surface area contributed by atoms with Crippen LogP contribution in [0.5, 0.6) is 5.75 Å². The van der Waals surface area contributed by atoms with E-state index in [1.54, 1.807) is 25.3 Å². The average Bonchev–Trinajstić information content (AvgIpc) is 2.45. The van der Waals surface area contributed by atoms with Gasteiger partial charge in [-0.2, -0.15) is 0 Å². The van der Waals surface area contributed by atoms with E-state index in [1.807, 2.05) is 24.3 Å². The van der Waals surface area contributed by atoms with E-state index in [0.29, 0.717) is 29.3 Å². The minimum atomic E-state index is -0.0452. The maximum absolute atomic E-state index is 11.9. The van der Waals surface area contributed by atoms with Crippen molar-refractivity contribution in [2.75, 3.05) is 12.4 Å². The van der Waals surface area contributed by atoms with Gasteiger partial charge < -0.3 is 10.1 Å². The molecule has 0 heterocycles. The summed E-state index contributed by atoms with van der Waals surface area (Å²) in [7, 11) is 1.55. The number of amides is 1. The van der Waals surface area contributed by atoms with Crippen LogP contribution in [0.4, 0.5) is 5.69 Å². The monoisotopic (exact) mass is 367 g/mol. The van der Waals surface area contributed by atoms with Crippen LogP contribution in [0, 0.1) is 0 Å². The molecule has 110 valence electrons.